The zero-order chi connectivity index (χ0) is 21.4. The van der Waals surface area contributed by atoms with Crippen LogP contribution in [0.3, 0.4) is 0 Å². The normalized spacial score (nSPS) is 12.1. The van der Waals surface area contributed by atoms with Gasteiger partial charge in [0, 0.05) is 0 Å². The van der Waals surface area contributed by atoms with Gasteiger partial charge in [0.1, 0.15) is 18.5 Å². The SMILES string of the molecule is CCOC(=O)c1nc(C(C)OCC[S+](C)C)n(I)c(=O)c1OCc1ccccc1. The van der Waals surface area contributed by atoms with Crippen molar-refractivity contribution >= 4 is 39.7 Å². The van der Waals surface area contributed by atoms with E-state index in [4.69, 9.17) is 14.2 Å². The third kappa shape index (κ3) is 6.71. The summed E-state index contributed by atoms with van der Waals surface area (Å²) in [4.78, 5) is 29.8. The smallest absolute Gasteiger partial charge is 0.361 e. The van der Waals surface area contributed by atoms with Crippen molar-refractivity contribution in [1.29, 1.82) is 0 Å². The number of rotatable bonds is 10. The molecule has 1 aromatic heterocycles. The number of hydrogen-bond acceptors (Lipinski definition) is 6. The van der Waals surface area contributed by atoms with Crippen molar-refractivity contribution in [2.45, 2.75) is 26.6 Å². The van der Waals surface area contributed by atoms with Crippen LogP contribution in [0.1, 0.15) is 41.8 Å². The lowest BCUT2D eigenvalue weighted by molar-refractivity contribution is 0.0505. The first-order valence-electron chi connectivity index (χ1n) is 9.17. The van der Waals surface area contributed by atoms with E-state index in [9.17, 15) is 9.59 Å². The number of benzene rings is 1. The molecule has 7 nitrogen and oxygen atoms in total. The van der Waals surface area contributed by atoms with Crippen LogP contribution in [0.25, 0.3) is 0 Å². The average Bonchev–Trinajstić information content (AvgIpc) is 2.69. The molecule has 1 heterocycles. The molecular weight excluding hydrogens is 507 g/mol. The van der Waals surface area contributed by atoms with Gasteiger partial charge in [0.2, 0.25) is 5.75 Å². The van der Waals surface area contributed by atoms with Gasteiger partial charge in [0.25, 0.3) is 0 Å². The molecule has 0 saturated carbocycles. The lowest BCUT2D eigenvalue weighted by Gasteiger charge is -2.17. The minimum absolute atomic E-state index is 0.124. The number of nitrogens with zero attached hydrogens (tertiary/aromatic N) is 2. The first-order chi connectivity index (χ1) is 13.8. The minimum atomic E-state index is -0.693. The second-order valence-electron chi connectivity index (χ2n) is 6.43. The molecule has 1 aromatic carbocycles. The van der Waals surface area contributed by atoms with E-state index < -0.39 is 17.6 Å². The summed E-state index contributed by atoms with van der Waals surface area (Å²) in [5.74, 6) is 0.444. The molecule has 158 valence electrons. The Morgan fingerprint density at radius 1 is 1.28 bits per heavy atom. The highest BCUT2D eigenvalue weighted by molar-refractivity contribution is 14.1. The Kier molecular flexibility index (Phi) is 9.44. The molecule has 0 N–H and O–H groups in total. The molecule has 0 spiro atoms. The Bertz CT molecular complexity index is 873. The molecule has 0 fully saturated rings. The number of carbonyl (C=O) groups excluding carboxylic acids is 1. The maximum Gasteiger partial charge on any atom is 0.361 e. The summed E-state index contributed by atoms with van der Waals surface area (Å²) in [5.41, 5.74) is 0.282. The van der Waals surface area contributed by atoms with Crippen LogP contribution in [0.2, 0.25) is 0 Å². The first-order valence-corrected chi connectivity index (χ1v) is 12.3. The highest BCUT2D eigenvalue weighted by Crippen LogP contribution is 2.22. The van der Waals surface area contributed by atoms with Gasteiger partial charge in [-0.3, -0.25) is 4.79 Å². The predicted octanol–water partition coefficient (Wildman–Crippen LogP) is 3.15. The van der Waals surface area contributed by atoms with Gasteiger partial charge in [-0.25, -0.2) is 12.6 Å². The van der Waals surface area contributed by atoms with Gasteiger partial charge in [-0.1, -0.05) is 30.3 Å². The third-order valence-corrected chi connectivity index (χ3v) is 5.85. The van der Waals surface area contributed by atoms with Crippen LogP contribution >= 0.6 is 22.9 Å². The van der Waals surface area contributed by atoms with Crippen LogP contribution < -0.4 is 10.3 Å². The summed E-state index contributed by atoms with van der Waals surface area (Å²) in [6.07, 6.45) is 3.82. The van der Waals surface area contributed by atoms with Crippen LogP contribution in [-0.2, 0) is 27.0 Å². The quantitative estimate of drug-likeness (QED) is 0.265. The van der Waals surface area contributed by atoms with Crippen molar-refractivity contribution < 1.29 is 19.0 Å². The molecule has 0 amide bonds. The molecule has 0 bridgehead atoms. The summed E-state index contributed by atoms with van der Waals surface area (Å²) in [6.45, 7) is 4.36. The molecule has 1 unspecified atom stereocenters. The summed E-state index contributed by atoms with van der Waals surface area (Å²) in [5, 5.41) is 0. The second-order valence-corrected chi connectivity index (χ2v) is 9.78. The number of ether oxygens (including phenoxy) is 3. The maximum atomic E-state index is 13.0. The van der Waals surface area contributed by atoms with Gasteiger partial charge >= 0.3 is 11.5 Å². The summed E-state index contributed by atoms with van der Waals surface area (Å²) in [7, 11) is 0.253. The fourth-order valence-electron chi connectivity index (χ4n) is 2.42. The van der Waals surface area contributed by atoms with Crippen LogP contribution in [0.4, 0.5) is 0 Å². The van der Waals surface area contributed by atoms with E-state index in [-0.39, 0.29) is 35.6 Å². The summed E-state index contributed by atoms with van der Waals surface area (Å²) < 4.78 is 18.0. The molecule has 29 heavy (non-hydrogen) atoms. The van der Waals surface area contributed by atoms with Gasteiger partial charge in [0.15, 0.2) is 11.5 Å². The van der Waals surface area contributed by atoms with Crippen LogP contribution in [0.5, 0.6) is 5.75 Å². The lowest BCUT2D eigenvalue weighted by atomic mass is 10.2. The first kappa shape index (κ1) is 23.7. The van der Waals surface area contributed by atoms with E-state index in [0.29, 0.717) is 12.4 Å². The predicted molar refractivity (Wildman–Crippen MR) is 123 cm³/mol. The van der Waals surface area contributed by atoms with E-state index in [0.717, 1.165) is 11.3 Å². The highest BCUT2D eigenvalue weighted by Gasteiger charge is 2.26. The Morgan fingerprint density at radius 2 is 1.97 bits per heavy atom. The number of halogens is 1. The van der Waals surface area contributed by atoms with Crippen molar-refractivity contribution in [3.8, 4) is 5.75 Å². The standard InChI is InChI=1S/C20H26IN2O5S/c1-5-26-20(25)16-17(28-13-15-9-7-6-8-10-15)19(24)23(21)18(22-16)14(2)27-11-12-29(3)4/h6-10,14H,5,11-13H2,1-4H3/q+1. The minimum Gasteiger partial charge on any atom is -0.481 e. The zero-order valence-electron chi connectivity index (χ0n) is 17.0. The highest BCUT2D eigenvalue weighted by atomic mass is 127. The van der Waals surface area contributed by atoms with Crippen molar-refractivity contribution in [1.82, 2.24) is 7.76 Å². The van der Waals surface area contributed by atoms with Gasteiger partial charge in [-0.05, 0) is 30.3 Å². The molecule has 0 aliphatic carbocycles. The fourth-order valence-corrected chi connectivity index (χ4v) is 3.57. The van der Waals surface area contributed by atoms with Crippen LogP contribution in [0, 0.1) is 0 Å². The Morgan fingerprint density at radius 3 is 2.59 bits per heavy atom. The molecule has 2 aromatic rings. The fraction of sp³-hybridized carbons (Fsp3) is 0.450. The molecule has 9 heteroatoms. The zero-order valence-corrected chi connectivity index (χ0v) is 20.0. The largest absolute Gasteiger partial charge is 0.481 e. The molecule has 1 atom stereocenters. The van der Waals surface area contributed by atoms with E-state index in [2.05, 4.69) is 17.5 Å². The lowest BCUT2D eigenvalue weighted by Crippen LogP contribution is -2.27. The Labute approximate surface area is 187 Å². The number of carbonyl (C=O) groups is 1. The molecule has 0 saturated heterocycles. The van der Waals surface area contributed by atoms with Crippen molar-refractivity contribution in [3.05, 3.63) is 57.8 Å². The average molecular weight is 533 g/mol. The van der Waals surface area contributed by atoms with E-state index in [1.807, 2.05) is 53.2 Å². The maximum absolute atomic E-state index is 13.0. The molecule has 0 aliphatic rings. The van der Waals surface area contributed by atoms with Crippen molar-refractivity contribution in [2.24, 2.45) is 0 Å². The molecule has 0 radical (unpaired) electrons. The van der Waals surface area contributed by atoms with Crippen molar-refractivity contribution in [2.75, 3.05) is 31.5 Å². The Hall–Kier alpha value is -1.59. The number of hydrogen-bond donors (Lipinski definition) is 0. The third-order valence-electron chi connectivity index (χ3n) is 3.93. The van der Waals surface area contributed by atoms with Gasteiger partial charge in [-0.15, -0.1) is 0 Å². The van der Waals surface area contributed by atoms with E-state index >= 15 is 0 Å². The van der Waals surface area contributed by atoms with Gasteiger partial charge in [-0.2, -0.15) is 0 Å². The summed E-state index contributed by atoms with van der Waals surface area (Å²) in [6, 6.07) is 9.39. The van der Waals surface area contributed by atoms with Crippen molar-refractivity contribution in [3.63, 3.8) is 0 Å². The van der Waals surface area contributed by atoms with Gasteiger partial charge in [0.05, 0.1) is 48.6 Å². The van der Waals surface area contributed by atoms with E-state index in [1.54, 1.807) is 13.8 Å². The van der Waals surface area contributed by atoms with Gasteiger partial charge < -0.3 is 14.2 Å². The number of esters is 1. The monoisotopic (exact) mass is 533 g/mol. The molecular formula is C20H26IN2O5S+. The topological polar surface area (TPSA) is 79.7 Å². The second kappa shape index (κ2) is 11.6. The molecule has 0 aliphatic heterocycles. The van der Waals surface area contributed by atoms with E-state index in [1.165, 1.54) is 2.78 Å². The number of aromatic nitrogens is 2. The molecule has 2 rings (SSSR count). The van der Waals surface area contributed by atoms with Crippen LogP contribution in [0.15, 0.2) is 35.1 Å². The summed E-state index contributed by atoms with van der Waals surface area (Å²) >= 11 is 1.86. The van der Waals surface area contributed by atoms with Crippen LogP contribution in [-0.4, -0.2) is 45.2 Å². The Balaban J connectivity index is 2.35.